The maximum Gasteiger partial charge on any atom is 0.0545 e. The molecule has 4 N–H and O–H groups in total. The molecule has 7 rings (SSSR count). The van der Waals surface area contributed by atoms with E-state index in [0.29, 0.717) is 0 Å². The number of nitrogens with zero attached hydrogens (tertiary/aromatic N) is 4. The third kappa shape index (κ3) is 12.4. The van der Waals surface area contributed by atoms with Gasteiger partial charge in [-0.1, -0.05) is 90.5 Å². The zero-order chi connectivity index (χ0) is 38.2. The minimum Gasteiger partial charge on any atom is -0.311 e. The average Bonchev–Trinajstić information content (AvgIpc) is 3.21. The van der Waals surface area contributed by atoms with E-state index in [4.69, 9.17) is 9.97 Å². The third-order valence-electron chi connectivity index (χ3n) is 11.1. The maximum atomic E-state index is 4.82. The molecule has 0 saturated carbocycles. The van der Waals surface area contributed by atoms with Gasteiger partial charge in [-0.25, -0.2) is 0 Å². The van der Waals surface area contributed by atoms with E-state index in [1.54, 1.807) is 0 Å². The Morgan fingerprint density at radius 3 is 1.23 bits per heavy atom. The summed E-state index contributed by atoms with van der Waals surface area (Å²) in [5, 5.41) is 14.5. The highest BCUT2D eigenvalue weighted by molar-refractivity contribution is 5.45. The smallest absolute Gasteiger partial charge is 0.0545 e. The lowest BCUT2D eigenvalue weighted by molar-refractivity contribution is 0.256. The first kappa shape index (κ1) is 39.9. The molecule has 2 aromatic heterocycles. The van der Waals surface area contributed by atoms with E-state index in [2.05, 4.69) is 147 Å². The standard InChI is InChI=1S/C48H62N8/c1-38-18-20-41(21-19-38)48(42-12-2-10-39(30-42)36-55-26-6-22-49-32-44-14-4-15-45(53-44)33-50-23-7-27-55)43-13-3-11-40(31-43)37-56-28-8-24-51-34-46-16-5-17-47(54-46)35-52-25-9-29-56/h2-5,10-21,30-31,48-52H,6-9,22-29,32-37H2,1H3. The van der Waals surface area contributed by atoms with E-state index in [9.17, 15) is 0 Å². The van der Waals surface area contributed by atoms with Gasteiger partial charge >= 0.3 is 0 Å². The second-order valence-electron chi connectivity index (χ2n) is 15.7. The maximum absolute atomic E-state index is 4.82. The molecule has 0 unspecified atom stereocenters. The van der Waals surface area contributed by atoms with E-state index in [1.807, 2.05) is 0 Å². The van der Waals surface area contributed by atoms with E-state index in [-0.39, 0.29) is 5.92 Å². The van der Waals surface area contributed by atoms with Gasteiger partial charge in [0.2, 0.25) is 0 Å². The summed E-state index contributed by atoms with van der Waals surface area (Å²) >= 11 is 0. The zero-order valence-corrected chi connectivity index (χ0v) is 33.5. The van der Waals surface area contributed by atoms with Gasteiger partial charge in [-0.05, 0) is 137 Å². The predicted molar refractivity (Wildman–Crippen MR) is 229 cm³/mol. The summed E-state index contributed by atoms with van der Waals surface area (Å²) in [6.07, 6.45) is 4.45. The second kappa shape index (κ2) is 21.3. The highest BCUT2D eigenvalue weighted by Crippen LogP contribution is 2.33. The Bertz CT molecular complexity index is 1750. The summed E-state index contributed by atoms with van der Waals surface area (Å²) in [4.78, 5) is 14.9. The Balaban J connectivity index is 1.05. The molecule has 0 atom stereocenters. The molecule has 2 aliphatic rings. The summed E-state index contributed by atoms with van der Waals surface area (Å²) in [6, 6.07) is 40.8. The van der Waals surface area contributed by atoms with Gasteiger partial charge in [-0.2, -0.15) is 0 Å². The minimum absolute atomic E-state index is 0.159. The summed E-state index contributed by atoms with van der Waals surface area (Å²) < 4.78 is 0. The Labute approximate surface area is 335 Å². The summed E-state index contributed by atoms with van der Waals surface area (Å²) in [7, 11) is 0. The first-order valence-electron chi connectivity index (χ1n) is 21.1. The van der Waals surface area contributed by atoms with Crippen LogP contribution in [0.25, 0.3) is 0 Å². The van der Waals surface area contributed by atoms with Crippen molar-refractivity contribution >= 4 is 0 Å². The molecule has 56 heavy (non-hydrogen) atoms. The van der Waals surface area contributed by atoms with Crippen molar-refractivity contribution < 1.29 is 0 Å². The molecular formula is C48H62N8. The number of benzene rings is 3. The molecule has 0 fully saturated rings. The van der Waals surface area contributed by atoms with Crippen LogP contribution in [0.2, 0.25) is 0 Å². The number of rotatable bonds is 7. The van der Waals surface area contributed by atoms with Gasteiger partial charge in [0.15, 0.2) is 0 Å². The SMILES string of the molecule is Cc1ccc(C(c2cccc(CN3CCCNCc4cccc(n4)CNCCC3)c2)c2cccc(CN3CCCNCc4cccc(n4)CNCCC3)c2)cc1. The molecule has 8 heteroatoms. The van der Waals surface area contributed by atoms with Crippen molar-refractivity contribution in [1.29, 1.82) is 0 Å². The summed E-state index contributed by atoms with van der Waals surface area (Å²) in [5.41, 5.74) is 12.6. The monoisotopic (exact) mass is 751 g/mol. The molecule has 0 spiro atoms. The highest BCUT2D eigenvalue weighted by atomic mass is 15.1. The third-order valence-corrected chi connectivity index (χ3v) is 11.1. The van der Waals surface area contributed by atoms with Crippen LogP contribution in [0, 0.1) is 6.92 Å². The van der Waals surface area contributed by atoms with Crippen molar-refractivity contribution in [3.8, 4) is 0 Å². The molecular weight excluding hydrogens is 689 g/mol. The molecule has 8 nitrogen and oxygen atoms in total. The average molecular weight is 751 g/mol. The Morgan fingerprint density at radius 1 is 0.464 bits per heavy atom. The van der Waals surface area contributed by atoms with Crippen LogP contribution < -0.4 is 21.3 Å². The van der Waals surface area contributed by atoms with E-state index >= 15 is 0 Å². The van der Waals surface area contributed by atoms with Crippen LogP contribution >= 0.6 is 0 Å². The normalized spacial score (nSPS) is 17.5. The molecule has 3 aromatic carbocycles. The number of fused-ring (bicyclic) bond motifs is 4. The van der Waals surface area contributed by atoms with Crippen LogP contribution in [0.1, 0.15) is 87.8 Å². The number of aryl methyl sites for hydroxylation is 1. The molecule has 0 radical (unpaired) electrons. The van der Waals surface area contributed by atoms with Crippen LogP contribution in [0.15, 0.2) is 109 Å². The number of pyridine rings is 2. The van der Waals surface area contributed by atoms with Gasteiger partial charge in [0, 0.05) is 45.2 Å². The Morgan fingerprint density at radius 2 is 0.839 bits per heavy atom. The first-order chi connectivity index (χ1) is 27.6. The second-order valence-corrected chi connectivity index (χ2v) is 15.7. The molecule has 5 aromatic rings. The number of hydrogen-bond acceptors (Lipinski definition) is 8. The highest BCUT2D eigenvalue weighted by Gasteiger charge is 2.19. The van der Waals surface area contributed by atoms with Crippen molar-refractivity contribution in [2.45, 2.75) is 77.8 Å². The summed E-state index contributed by atoms with van der Waals surface area (Å²) in [5.74, 6) is 0.159. The number of aromatic nitrogens is 2. The fraction of sp³-hybridized carbons (Fsp3) is 0.417. The van der Waals surface area contributed by atoms with E-state index < -0.39 is 0 Å². The van der Waals surface area contributed by atoms with Gasteiger partial charge in [-0.15, -0.1) is 0 Å². The fourth-order valence-electron chi connectivity index (χ4n) is 8.16. The van der Waals surface area contributed by atoms with Crippen molar-refractivity contribution in [2.24, 2.45) is 0 Å². The van der Waals surface area contributed by atoms with Crippen LogP contribution in [0.3, 0.4) is 0 Å². The van der Waals surface area contributed by atoms with Crippen molar-refractivity contribution in [2.75, 3.05) is 52.4 Å². The fourth-order valence-corrected chi connectivity index (χ4v) is 8.16. The number of nitrogens with one attached hydrogen (secondary N) is 4. The lowest BCUT2D eigenvalue weighted by atomic mass is 9.83. The van der Waals surface area contributed by atoms with Crippen LogP contribution in [0.5, 0.6) is 0 Å². The molecule has 2 aliphatic heterocycles. The van der Waals surface area contributed by atoms with Gasteiger partial charge in [0.05, 0.1) is 22.8 Å². The van der Waals surface area contributed by atoms with Gasteiger partial charge in [0.1, 0.15) is 0 Å². The van der Waals surface area contributed by atoms with Crippen LogP contribution in [-0.4, -0.2) is 72.1 Å². The lowest BCUT2D eigenvalue weighted by Crippen LogP contribution is -2.31. The number of hydrogen-bond donors (Lipinski definition) is 4. The van der Waals surface area contributed by atoms with Gasteiger partial charge < -0.3 is 21.3 Å². The molecule has 0 amide bonds. The van der Waals surface area contributed by atoms with Crippen molar-refractivity contribution in [1.82, 2.24) is 41.0 Å². The molecule has 0 aliphatic carbocycles. The Hall–Kier alpha value is -4.28. The van der Waals surface area contributed by atoms with Crippen molar-refractivity contribution in [3.63, 3.8) is 0 Å². The summed E-state index contributed by atoms with van der Waals surface area (Å²) in [6.45, 7) is 15.6. The molecule has 4 bridgehead atoms. The Kier molecular flexibility index (Phi) is 15.2. The molecule has 0 saturated heterocycles. The minimum atomic E-state index is 0.159. The van der Waals surface area contributed by atoms with Gasteiger partial charge in [-0.3, -0.25) is 19.8 Å². The van der Waals surface area contributed by atoms with Crippen LogP contribution in [0.4, 0.5) is 0 Å². The topological polar surface area (TPSA) is 80.4 Å². The molecule has 4 heterocycles. The van der Waals surface area contributed by atoms with Crippen LogP contribution in [-0.2, 0) is 39.3 Å². The van der Waals surface area contributed by atoms with Gasteiger partial charge in [0.25, 0.3) is 0 Å². The van der Waals surface area contributed by atoms with E-state index in [1.165, 1.54) is 33.4 Å². The lowest BCUT2D eigenvalue weighted by Gasteiger charge is -2.25. The predicted octanol–water partition coefficient (Wildman–Crippen LogP) is 6.92. The largest absolute Gasteiger partial charge is 0.311 e. The van der Waals surface area contributed by atoms with E-state index in [0.717, 1.165) is 140 Å². The van der Waals surface area contributed by atoms with Crippen molar-refractivity contribution in [3.05, 3.63) is 165 Å². The first-order valence-corrected chi connectivity index (χ1v) is 21.1. The molecule has 294 valence electrons. The quantitative estimate of drug-likeness (QED) is 0.134. The zero-order valence-electron chi connectivity index (χ0n) is 33.5.